The zero-order valence-corrected chi connectivity index (χ0v) is 11.9. The van der Waals surface area contributed by atoms with Crippen LogP contribution in [-0.4, -0.2) is 18.7 Å². The summed E-state index contributed by atoms with van der Waals surface area (Å²) in [6, 6.07) is 8.84. The van der Waals surface area contributed by atoms with Crippen molar-refractivity contribution < 1.29 is 4.74 Å². The number of hydrogen-bond acceptors (Lipinski definition) is 2. The quantitative estimate of drug-likeness (QED) is 0.774. The second-order valence-electron chi connectivity index (χ2n) is 4.75. The standard InChI is InChI=1S/C14H20BrNO/c1-11(3-2-10-16-13-6-7-13)17-14-8-4-12(15)5-9-14/h4-5,8-9,11,13,16H,2-3,6-7,10H2,1H3. The van der Waals surface area contributed by atoms with Gasteiger partial charge in [0.15, 0.2) is 0 Å². The van der Waals surface area contributed by atoms with Crippen LogP contribution in [-0.2, 0) is 0 Å². The SMILES string of the molecule is CC(CCCNC1CC1)Oc1ccc(Br)cc1. The lowest BCUT2D eigenvalue weighted by molar-refractivity contribution is 0.207. The van der Waals surface area contributed by atoms with E-state index in [1.165, 1.54) is 19.3 Å². The molecular weight excluding hydrogens is 278 g/mol. The van der Waals surface area contributed by atoms with E-state index in [-0.39, 0.29) is 6.10 Å². The third-order valence-corrected chi connectivity index (χ3v) is 3.48. The smallest absolute Gasteiger partial charge is 0.119 e. The van der Waals surface area contributed by atoms with Crippen LogP contribution >= 0.6 is 15.9 Å². The van der Waals surface area contributed by atoms with Gasteiger partial charge in [0.2, 0.25) is 0 Å². The van der Waals surface area contributed by atoms with Crippen molar-refractivity contribution in [1.82, 2.24) is 5.32 Å². The Labute approximate surface area is 112 Å². The molecule has 0 saturated heterocycles. The fraction of sp³-hybridized carbons (Fsp3) is 0.571. The highest BCUT2D eigenvalue weighted by Gasteiger charge is 2.19. The lowest BCUT2D eigenvalue weighted by Crippen LogP contribution is -2.20. The van der Waals surface area contributed by atoms with Crippen LogP contribution in [0.5, 0.6) is 5.75 Å². The summed E-state index contributed by atoms with van der Waals surface area (Å²) >= 11 is 3.42. The molecule has 1 unspecified atom stereocenters. The van der Waals surface area contributed by atoms with Gasteiger partial charge in [0.1, 0.15) is 5.75 Å². The van der Waals surface area contributed by atoms with Gasteiger partial charge in [-0.05, 0) is 63.4 Å². The van der Waals surface area contributed by atoms with E-state index in [0.717, 1.165) is 29.2 Å². The summed E-state index contributed by atoms with van der Waals surface area (Å²) in [6.07, 6.45) is 5.32. The van der Waals surface area contributed by atoms with Crippen molar-refractivity contribution in [2.24, 2.45) is 0 Å². The molecule has 0 amide bonds. The molecule has 1 N–H and O–H groups in total. The van der Waals surface area contributed by atoms with Gasteiger partial charge in [-0.15, -0.1) is 0 Å². The summed E-state index contributed by atoms with van der Waals surface area (Å²) in [6.45, 7) is 3.26. The van der Waals surface area contributed by atoms with Gasteiger partial charge in [-0.1, -0.05) is 15.9 Å². The lowest BCUT2D eigenvalue weighted by Gasteiger charge is -2.14. The molecule has 1 aromatic carbocycles. The maximum atomic E-state index is 5.84. The third kappa shape index (κ3) is 5.09. The second-order valence-corrected chi connectivity index (χ2v) is 5.67. The van der Waals surface area contributed by atoms with E-state index in [2.05, 4.69) is 28.2 Å². The highest BCUT2D eigenvalue weighted by atomic mass is 79.9. The van der Waals surface area contributed by atoms with E-state index in [4.69, 9.17) is 4.74 Å². The molecule has 17 heavy (non-hydrogen) atoms. The van der Waals surface area contributed by atoms with Crippen LogP contribution in [0.1, 0.15) is 32.6 Å². The topological polar surface area (TPSA) is 21.3 Å². The predicted octanol–water partition coefficient (Wildman–Crippen LogP) is 3.75. The molecule has 1 aliphatic rings. The van der Waals surface area contributed by atoms with Crippen LogP contribution < -0.4 is 10.1 Å². The molecule has 1 saturated carbocycles. The second kappa shape index (κ2) is 6.41. The van der Waals surface area contributed by atoms with Crippen LogP contribution in [0.15, 0.2) is 28.7 Å². The van der Waals surface area contributed by atoms with Crippen molar-refractivity contribution in [3.63, 3.8) is 0 Å². The Morgan fingerprint density at radius 3 is 2.71 bits per heavy atom. The summed E-state index contributed by atoms with van der Waals surface area (Å²) < 4.78 is 6.93. The molecule has 94 valence electrons. The molecule has 0 aliphatic heterocycles. The summed E-state index contributed by atoms with van der Waals surface area (Å²) in [5.74, 6) is 0.954. The first-order valence-electron chi connectivity index (χ1n) is 6.39. The zero-order chi connectivity index (χ0) is 12.1. The van der Waals surface area contributed by atoms with E-state index >= 15 is 0 Å². The van der Waals surface area contributed by atoms with Crippen molar-refractivity contribution in [2.75, 3.05) is 6.54 Å². The molecule has 1 atom stereocenters. The van der Waals surface area contributed by atoms with Crippen LogP contribution in [0.2, 0.25) is 0 Å². The fourth-order valence-electron chi connectivity index (χ4n) is 1.79. The van der Waals surface area contributed by atoms with Gasteiger partial charge in [-0.3, -0.25) is 0 Å². The first-order chi connectivity index (χ1) is 8.24. The Bertz CT molecular complexity index is 335. The number of hydrogen-bond donors (Lipinski definition) is 1. The van der Waals surface area contributed by atoms with E-state index < -0.39 is 0 Å². The summed E-state index contributed by atoms with van der Waals surface area (Å²) in [5.41, 5.74) is 0. The maximum absolute atomic E-state index is 5.84. The highest BCUT2D eigenvalue weighted by molar-refractivity contribution is 9.10. The first kappa shape index (κ1) is 12.9. The monoisotopic (exact) mass is 297 g/mol. The van der Waals surface area contributed by atoms with Gasteiger partial charge < -0.3 is 10.1 Å². The van der Waals surface area contributed by atoms with Crippen molar-refractivity contribution in [3.8, 4) is 5.75 Å². The van der Waals surface area contributed by atoms with Crippen molar-refractivity contribution in [2.45, 2.75) is 44.8 Å². The zero-order valence-electron chi connectivity index (χ0n) is 10.3. The van der Waals surface area contributed by atoms with Gasteiger partial charge in [-0.25, -0.2) is 0 Å². The number of ether oxygens (including phenoxy) is 1. The molecule has 0 bridgehead atoms. The van der Waals surface area contributed by atoms with Crippen molar-refractivity contribution >= 4 is 15.9 Å². The lowest BCUT2D eigenvalue weighted by atomic mass is 10.2. The minimum absolute atomic E-state index is 0.289. The van der Waals surface area contributed by atoms with Crippen LogP contribution in [0.3, 0.4) is 0 Å². The Morgan fingerprint density at radius 2 is 2.06 bits per heavy atom. The number of benzene rings is 1. The number of rotatable bonds is 7. The molecule has 1 fully saturated rings. The Hall–Kier alpha value is -0.540. The summed E-state index contributed by atoms with van der Waals surface area (Å²) in [4.78, 5) is 0. The molecule has 0 aromatic heterocycles. The average molecular weight is 298 g/mol. The van der Waals surface area contributed by atoms with E-state index in [0.29, 0.717) is 0 Å². The fourth-order valence-corrected chi connectivity index (χ4v) is 2.05. The molecule has 3 heteroatoms. The molecular formula is C14H20BrNO. The Balaban J connectivity index is 1.61. The summed E-state index contributed by atoms with van der Waals surface area (Å²) in [7, 11) is 0. The number of nitrogens with one attached hydrogen (secondary N) is 1. The van der Waals surface area contributed by atoms with Gasteiger partial charge >= 0.3 is 0 Å². The third-order valence-electron chi connectivity index (χ3n) is 2.95. The Morgan fingerprint density at radius 1 is 1.35 bits per heavy atom. The van der Waals surface area contributed by atoms with Gasteiger partial charge in [-0.2, -0.15) is 0 Å². The first-order valence-corrected chi connectivity index (χ1v) is 7.19. The number of halogens is 1. The van der Waals surface area contributed by atoms with E-state index in [1.807, 2.05) is 24.3 Å². The molecule has 0 radical (unpaired) electrons. The highest BCUT2D eigenvalue weighted by Crippen LogP contribution is 2.19. The van der Waals surface area contributed by atoms with Crippen molar-refractivity contribution in [1.29, 1.82) is 0 Å². The van der Waals surface area contributed by atoms with Crippen LogP contribution in [0, 0.1) is 0 Å². The largest absolute Gasteiger partial charge is 0.491 e. The van der Waals surface area contributed by atoms with Crippen LogP contribution in [0.4, 0.5) is 0 Å². The maximum Gasteiger partial charge on any atom is 0.119 e. The molecule has 0 heterocycles. The molecule has 2 nitrogen and oxygen atoms in total. The summed E-state index contributed by atoms with van der Waals surface area (Å²) in [5, 5.41) is 3.52. The minimum atomic E-state index is 0.289. The molecule has 0 spiro atoms. The normalized spacial score (nSPS) is 16.8. The molecule has 1 aromatic rings. The minimum Gasteiger partial charge on any atom is -0.491 e. The van der Waals surface area contributed by atoms with Crippen molar-refractivity contribution in [3.05, 3.63) is 28.7 Å². The average Bonchev–Trinajstić information content (AvgIpc) is 3.12. The van der Waals surface area contributed by atoms with Gasteiger partial charge in [0, 0.05) is 10.5 Å². The van der Waals surface area contributed by atoms with Crippen LogP contribution in [0.25, 0.3) is 0 Å². The van der Waals surface area contributed by atoms with Gasteiger partial charge in [0.25, 0.3) is 0 Å². The molecule has 1 aliphatic carbocycles. The van der Waals surface area contributed by atoms with Gasteiger partial charge in [0.05, 0.1) is 6.10 Å². The molecule has 2 rings (SSSR count). The Kier molecular flexibility index (Phi) is 4.86. The van der Waals surface area contributed by atoms with E-state index in [1.54, 1.807) is 0 Å². The predicted molar refractivity (Wildman–Crippen MR) is 74.5 cm³/mol. The van der Waals surface area contributed by atoms with E-state index in [9.17, 15) is 0 Å².